The molecule has 2 heterocycles. The molecule has 1 aliphatic rings. The Kier molecular flexibility index (Phi) is 4.89. The Hall–Kier alpha value is -2.61. The number of hydrogen-bond acceptors (Lipinski definition) is 5. The van der Waals surface area contributed by atoms with Crippen LogP contribution in [0.25, 0.3) is 0 Å². The number of benzene rings is 1. The summed E-state index contributed by atoms with van der Waals surface area (Å²) in [4.78, 5) is 16.6. The topological polar surface area (TPSA) is 88.6 Å². The smallest absolute Gasteiger partial charge is 0.263 e. The van der Waals surface area contributed by atoms with E-state index in [2.05, 4.69) is 10.3 Å². The van der Waals surface area contributed by atoms with Gasteiger partial charge in [-0.15, -0.1) is 0 Å². The minimum Gasteiger partial charge on any atom is -0.476 e. The van der Waals surface area contributed by atoms with Crippen LogP contribution in [0.4, 0.5) is 5.69 Å². The maximum Gasteiger partial charge on any atom is 0.263 e. The number of amides is 1. The van der Waals surface area contributed by atoms with Crippen molar-refractivity contribution in [3.63, 3.8) is 0 Å². The highest BCUT2D eigenvalue weighted by molar-refractivity contribution is 7.92. The minimum absolute atomic E-state index is 0.0520. The molecular weight excluding hydrogens is 342 g/mol. The van der Waals surface area contributed by atoms with Crippen LogP contribution in [-0.4, -0.2) is 37.7 Å². The molecule has 1 aromatic heterocycles. The summed E-state index contributed by atoms with van der Waals surface area (Å²) in [6.07, 6.45) is 0.727. The van der Waals surface area contributed by atoms with Crippen LogP contribution in [0.3, 0.4) is 0 Å². The number of rotatable bonds is 5. The zero-order valence-corrected chi connectivity index (χ0v) is 14.6. The molecule has 7 nitrogen and oxygen atoms in total. The number of nitrogens with one attached hydrogen (secondary N) is 1. The molecule has 0 bridgehead atoms. The van der Waals surface area contributed by atoms with Crippen molar-refractivity contribution >= 4 is 21.6 Å². The van der Waals surface area contributed by atoms with Gasteiger partial charge in [0, 0.05) is 6.20 Å². The van der Waals surface area contributed by atoms with E-state index < -0.39 is 16.1 Å². The van der Waals surface area contributed by atoms with Gasteiger partial charge in [-0.2, -0.15) is 0 Å². The largest absolute Gasteiger partial charge is 0.476 e. The van der Waals surface area contributed by atoms with Gasteiger partial charge in [0.2, 0.25) is 10.0 Å². The number of aromatic nitrogens is 1. The Morgan fingerprint density at radius 1 is 1.28 bits per heavy atom. The van der Waals surface area contributed by atoms with E-state index in [9.17, 15) is 13.2 Å². The zero-order chi connectivity index (χ0) is 17.9. The third-order valence-corrected chi connectivity index (χ3v) is 5.64. The van der Waals surface area contributed by atoms with Gasteiger partial charge in [0.15, 0.2) is 6.10 Å². The van der Waals surface area contributed by atoms with E-state index in [1.807, 2.05) is 6.07 Å². The van der Waals surface area contributed by atoms with Crippen molar-refractivity contribution in [2.24, 2.45) is 0 Å². The van der Waals surface area contributed by atoms with Crippen LogP contribution < -0.4 is 14.4 Å². The molecule has 1 amide bonds. The molecule has 1 unspecified atom stereocenters. The summed E-state index contributed by atoms with van der Waals surface area (Å²) in [5.41, 5.74) is 1.17. The second-order valence-corrected chi connectivity index (χ2v) is 7.73. The average Bonchev–Trinajstić information content (AvgIpc) is 2.66. The molecule has 1 N–H and O–H groups in total. The van der Waals surface area contributed by atoms with E-state index in [4.69, 9.17) is 4.74 Å². The molecule has 0 saturated heterocycles. The van der Waals surface area contributed by atoms with Crippen LogP contribution in [-0.2, 0) is 21.4 Å². The standard InChI is InChI=1S/C17H19N3O4S/c1-2-25(22,23)20-12-16(24-15-9-4-3-8-14(15)20)17(21)19-11-13-7-5-6-10-18-13/h3-10,16H,2,11-12H2,1H3,(H,19,21). The maximum absolute atomic E-state index is 12.5. The molecule has 8 heteroatoms. The predicted molar refractivity (Wildman–Crippen MR) is 93.7 cm³/mol. The van der Waals surface area contributed by atoms with Gasteiger partial charge >= 0.3 is 0 Å². The van der Waals surface area contributed by atoms with E-state index >= 15 is 0 Å². The number of nitrogens with zero attached hydrogens (tertiary/aromatic N) is 2. The second-order valence-electron chi connectivity index (χ2n) is 5.54. The lowest BCUT2D eigenvalue weighted by Crippen LogP contribution is -2.50. The first-order valence-corrected chi connectivity index (χ1v) is 9.56. The molecular formula is C17H19N3O4S. The molecule has 0 saturated carbocycles. The molecule has 25 heavy (non-hydrogen) atoms. The van der Waals surface area contributed by atoms with E-state index in [0.717, 1.165) is 0 Å². The third kappa shape index (κ3) is 3.74. The number of carbonyl (C=O) groups is 1. The van der Waals surface area contributed by atoms with Gasteiger partial charge in [0.25, 0.3) is 5.91 Å². The number of para-hydroxylation sites is 2. The quantitative estimate of drug-likeness (QED) is 0.868. The SMILES string of the molecule is CCS(=O)(=O)N1CC(C(=O)NCc2ccccn2)Oc2ccccc21. The number of hydrogen-bond donors (Lipinski definition) is 1. The zero-order valence-electron chi connectivity index (χ0n) is 13.8. The van der Waals surface area contributed by atoms with Crippen molar-refractivity contribution in [3.05, 3.63) is 54.4 Å². The fourth-order valence-corrected chi connectivity index (χ4v) is 3.68. The third-order valence-electron chi connectivity index (χ3n) is 3.90. The van der Waals surface area contributed by atoms with E-state index in [-0.39, 0.29) is 24.7 Å². The van der Waals surface area contributed by atoms with Gasteiger partial charge in [0.1, 0.15) is 5.75 Å². The van der Waals surface area contributed by atoms with Crippen molar-refractivity contribution in [1.82, 2.24) is 10.3 Å². The monoisotopic (exact) mass is 361 g/mol. The van der Waals surface area contributed by atoms with Crippen LogP contribution >= 0.6 is 0 Å². The average molecular weight is 361 g/mol. The van der Waals surface area contributed by atoms with Crippen LogP contribution in [0.2, 0.25) is 0 Å². The summed E-state index contributed by atoms with van der Waals surface area (Å²) >= 11 is 0. The molecule has 0 aliphatic carbocycles. The molecule has 0 spiro atoms. The van der Waals surface area contributed by atoms with Crippen LogP contribution in [0.1, 0.15) is 12.6 Å². The van der Waals surface area contributed by atoms with Crippen molar-refractivity contribution in [2.75, 3.05) is 16.6 Å². The van der Waals surface area contributed by atoms with Gasteiger partial charge in [-0.25, -0.2) is 8.42 Å². The van der Waals surface area contributed by atoms with E-state index in [1.54, 1.807) is 49.5 Å². The Balaban J connectivity index is 1.78. The first-order chi connectivity index (χ1) is 12.0. The minimum atomic E-state index is -3.51. The molecule has 1 aromatic carbocycles. The number of ether oxygens (including phenoxy) is 1. The first-order valence-electron chi connectivity index (χ1n) is 7.95. The second kappa shape index (κ2) is 7.10. The number of pyridine rings is 1. The summed E-state index contributed by atoms with van der Waals surface area (Å²) in [5, 5.41) is 2.74. The normalized spacial score (nSPS) is 16.7. The highest BCUT2D eigenvalue weighted by atomic mass is 32.2. The highest BCUT2D eigenvalue weighted by Crippen LogP contribution is 2.35. The van der Waals surface area contributed by atoms with Gasteiger partial charge in [-0.3, -0.25) is 14.1 Å². The first kappa shape index (κ1) is 17.2. The Morgan fingerprint density at radius 3 is 2.76 bits per heavy atom. The fraction of sp³-hybridized carbons (Fsp3) is 0.294. The predicted octanol–water partition coefficient (Wildman–Crippen LogP) is 1.32. The van der Waals surface area contributed by atoms with E-state index in [1.165, 1.54) is 4.31 Å². The van der Waals surface area contributed by atoms with Crippen molar-refractivity contribution in [3.8, 4) is 5.75 Å². The summed E-state index contributed by atoms with van der Waals surface area (Å²) in [5.74, 6) is -0.0518. The van der Waals surface area contributed by atoms with Crippen LogP contribution in [0, 0.1) is 0 Å². The fourth-order valence-electron chi connectivity index (χ4n) is 2.55. The van der Waals surface area contributed by atoms with Gasteiger partial charge in [-0.05, 0) is 31.2 Å². The van der Waals surface area contributed by atoms with Gasteiger partial charge < -0.3 is 10.1 Å². The van der Waals surface area contributed by atoms with E-state index in [0.29, 0.717) is 17.1 Å². The van der Waals surface area contributed by atoms with Crippen LogP contribution in [0.15, 0.2) is 48.7 Å². The van der Waals surface area contributed by atoms with Crippen molar-refractivity contribution < 1.29 is 17.9 Å². The number of carbonyl (C=O) groups excluding carboxylic acids is 1. The molecule has 0 radical (unpaired) electrons. The summed E-state index contributed by atoms with van der Waals surface area (Å²) in [7, 11) is -3.51. The summed E-state index contributed by atoms with van der Waals surface area (Å²) in [6.45, 7) is 1.77. The molecule has 3 rings (SSSR count). The molecule has 132 valence electrons. The Bertz CT molecular complexity index is 855. The summed E-state index contributed by atoms with van der Waals surface area (Å²) in [6, 6.07) is 12.2. The summed E-state index contributed by atoms with van der Waals surface area (Å²) < 4.78 is 31.7. The maximum atomic E-state index is 12.5. The highest BCUT2D eigenvalue weighted by Gasteiger charge is 2.35. The van der Waals surface area contributed by atoms with Crippen LogP contribution in [0.5, 0.6) is 5.75 Å². The lowest BCUT2D eigenvalue weighted by molar-refractivity contribution is -0.127. The number of sulfonamides is 1. The van der Waals surface area contributed by atoms with Gasteiger partial charge in [0.05, 0.1) is 30.2 Å². The Morgan fingerprint density at radius 2 is 2.04 bits per heavy atom. The van der Waals surface area contributed by atoms with Crippen molar-refractivity contribution in [1.29, 1.82) is 0 Å². The molecule has 1 atom stereocenters. The number of fused-ring (bicyclic) bond motifs is 1. The van der Waals surface area contributed by atoms with Crippen molar-refractivity contribution in [2.45, 2.75) is 19.6 Å². The molecule has 1 aliphatic heterocycles. The Labute approximate surface area is 146 Å². The van der Waals surface area contributed by atoms with Gasteiger partial charge in [-0.1, -0.05) is 18.2 Å². The molecule has 0 fully saturated rings. The number of anilines is 1. The molecule has 2 aromatic rings. The lowest BCUT2D eigenvalue weighted by Gasteiger charge is -2.34. The lowest BCUT2D eigenvalue weighted by atomic mass is 10.2.